The fourth-order valence-electron chi connectivity index (χ4n) is 3.04. The minimum Gasteiger partial charge on any atom is -0.383 e. The molecule has 0 spiro atoms. The Bertz CT molecular complexity index is 1140. The fourth-order valence-corrected chi connectivity index (χ4v) is 3.04. The van der Waals surface area contributed by atoms with E-state index in [1.807, 2.05) is 0 Å². The Labute approximate surface area is 160 Å². The second-order valence-corrected chi connectivity index (χ2v) is 6.22. The summed E-state index contributed by atoms with van der Waals surface area (Å²) >= 11 is 0. The average Bonchev–Trinajstić information content (AvgIpc) is 2.69. The number of methoxy groups -OCH3 is 1. The lowest BCUT2D eigenvalue weighted by Gasteiger charge is -2.19. The lowest BCUT2D eigenvalue weighted by molar-refractivity contribution is -0.124. The van der Waals surface area contributed by atoms with Crippen LogP contribution >= 0.6 is 0 Å². The highest BCUT2D eigenvalue weighted by atomic mass is 19.1. The van der Waals surface area contributed by atoms with Crippen molar-refractivity contribution in [3.63, 3.8) is 0 Å². The van der Waals surface area contributed by atoms with Crippen LogP contribution in [0.25, 0.3) is 16.6 Å². The molecule has 8 heteroatoms. The highest BCUT2D eigenvalue weighted by Gasteiger charge is 2.23. The Balaban J connectivity index is 2.26. The van der Waals surface area contributed by atoms with E-state index in [2.05, 4.69) is 5.32 Å². The average molecular weight is 385 g/mol. The molecule has 1 aromatic heterocycles. The molecule has 0 aliphatic carbocycles. The second-order valence-electron chi connectivity index (χ2n) is 6.22. The van der Waals surface area contributed by atoms with Gasteiger partial charge in [0.2, 0.25) is 5.91 Å². The van der Waals surface area contributed by atoms with Crippen molar-refractivity contribution in [3.05, 3.63) is 75.2 Å². The summed E-state index contributed by atoms with van der Waals surface area (Å²) in [6.45, 7) is 2.15. The number of rotatable bonds is 6. The molecule has 0 radical (unpaired) electrons. The number of nitrogens with zero attached hydrogens (tertiary/aromatic N) is 2. The molecule has 1 unspecified atom stereocenters. The predicted molar refractivity (Wildman–Crippen MR) is 103 cm³/mol. The van der Waals surface area contributed by atoms with Crippen LogP contribution in [0.4, 0.5) is 4.39 Å². The number of carbonyl (C=O) groups is 1. The molecule has 3 rings (SSSR count). The van der Waals surface area contributed by atoms with Gasteiger partial charge in [0, 0.05) is 13.7 Å². The van der Waals surface area contributed by atoms with E-state index in [4.69, 9.17) is 4.74 Å². The van der Waals surface area contributed by atoms with Gasteiger partial charge >= 0.3 is 5.69 Å². The van der Waals surface area contributed by atoms with Crippen LogP contribution in [0.15, 0.2) is 58.1 Å². The number of nitrogens with one attached hydrogen (secondary N) is 1. The quantitative estimate of drug-likeness (QED) is 0.654. The number of hydrogen-bond acceptors (Lipinski definition) is 4. The fraction of sp³-hybridized carbons (Fsp3) is 0.250. The summed E-state index contributed by atoms with van der Waals surface area (Å²) < 4.78 is 21.2. The molecule has 146 valence electrons. The molecule has 2 aromatic carbocycles. The first-order valence-corrected chi connectivity index (χ1v) is 8.75. The van der Waals surface area contributed by atoms with E-state index < -0.39 is 29.0 Å². The smallest absolute Gasteiger partial charge is 0.336 e. The maximum atomic E-state index is 14.3. The van der Waals surface area contributed by atoms with Crippen LogP contribution in [0.5, 0.6) is 0 Å². The maximum absolute atomic E-state index is 14.3. The van der Waals surface area contributed by atoms with Gasteiger partial charge in [0.05, 0.1) is 23.2 Å². The molecule has 3 aromatic rings. The SMILES string of the molecule is COCCNC(=O)C(C)n1c(=O)n(-c2ccccc2F)c(=O)c2ccccc21. The maximum Gasteiger partial charge on any atom is 0.336 e. The summed E-state index contributed by atoms with van der Waals surface area (Å²) in [7, 11) is 1.51. The first-order valence-electron chi connectivity index (χ1n) is 8.75. The van der Waals surface area contributed by atoms with Crippen LogP contribution in [-0.2, 0) is 9.53 Å². The Hall–Kier alpha value is -3.26. The number of carbonyl (C=O) groups excluding carboxylic acids is 1. The van der Waals surface area contributed by atoms with E-state index in [9.17, 15) is 18.8 Å². The minimum atomic E-state index is -0.923. The third-order valence-electron chi connectivity index (χ3n) is 4.46. The van der Waals surface area contributed by atoms with Crippen LogP contribution in [0.1, 0.15) is 13.0 Å². The minimum absolute atomic E-state index is 0.163. The number of fused-ring (bicyclic) bond motifs is 1. The van der Waals surface area contributed by atoms with Gasteiger partial charge in [0.25, 0.3) is 5.56 Å². The number of benzene rings is 2. The molecule has 0 fully saturated rings. The Morgan fingerprint density at radius 3 is 2.54 bits per heavy atom. The lowest BCUT2D eigenvalue weighted by Crippen LogP contribution is -2.44. The highest BCUT2D eigenvalue weighted by molar-refractivity contribution is 5.84. The van der Waals surface area contributed by atoms with Crippen molar-refractivity contribution in [1.29, 1.82) is 0 Å². The normalized spacial score (nSPS) is 12.1. The van der Waals surface area contributed by atoms with Crippen molar-refractivity contribution in [1.82, 2.24) is 14.5 Å². The zero-order valence-corrected chi connectivity index (χ0v) is 15.5. The molecule has 0 aliphatic heterocycles. The van der Waals surface area contributed by atoms with E-state index >= 15 is 0 Å². The van der Waals surface area contributed by atoms with Crippen molar-refractivity contribution in [3.8, 4) is 5.69 Å². The largest absolute Gasteiger partial charge is 0.383 e. The Kier molecular flexibility index (Phi) is 5.70. The summed E-state index contributed by atoms with van der Waals surface area (Å²) in [5.74, 6) is -1.12. The molecule has 0 bridgehead atoms. The molecule has 0 saturated carbocycles. The number of para-hydroxylation sites is 2. The van der Waals surface area contributed by atoms with E-state index in [1.165, 1.54) is 35.9 Å². The van der Waals surface area contributed by atoms with E-state index in [1.54, 1.807) is 31.2 Å². The number of halogens is 1. The van der Waals surface area contributed by atoms with Gasteiger partial charge in [-0.2, -0.15) is 0 Å². The van der Waals surface area contributed by atoms with Crippen molar-refractivity contribution >= 4 is 16.8 Å². The monoisotopic (exact) mass is 385 g/mol. The standard InChI is InChI=1S/C20H20FN3O4/c1-13(18(25)22-11-12-28-2)23-16-9-5-3-7-14(16)19(26)24(20(23)27)17-10-6-4-8-15(17)21/h3-10,13H,11-12H2,1-2H3,(H,22,25). The summed E-state index contributed by atoms with van der Waals surface area (Å²) in [5, 5.41) is 2.88. The number of ether oxygens (including phenoxy) is 1. The Morgan fingerprint density at radius 1 is 1.14 bits per heavy atom. The summed E-state index contributed by atoms with van der Waals surface area (Å²) in [6.07, 6.45) is 0. The molecule has 1 heterocycles. The zero-order valence-electron chi connectivity index (χ0n) is 15.5. The second kappa shape index (κ2) is 8.18. The molecule has 28 heavy (non-hydrogen) atoms. The van der Waals surface area contributed by atoms with Crippen molar-refractivity contribution < 1.29 is 13.9 Å². The van der Waals surface area contributed by atoms with Gasteiger partial charge in [0.15, 0.2) is 0 Å². The van der Waals surface area contributed by atoms with Gasteiger partial charge in [-0.1, -0.05) is 24.3 Å². The molecule has 7 nitrogen and oxygen atoms in total. The third kappa shape index (κ3) is 3.46. The van der Waals surface area contributed by atoms with Gasteiger partial charge in [-0.25, -0.2) is 13.8 Å². The highest BCUT2D eigenvalue weighted by Crippen LogP contribution is 2.16. The van der Waals surface area contributed by atoms with Crippen molar-refractivity contribution in [2.75, 3.05) is 20.3 Å². The molecule has 1 amide bonds. The van der Waals surface area contributed by atoms with Gasteiger partial charge < -0.3 is 10.1 Å². The molecule has 1 N–H and O–H groups in total. The van der Waals surface area contributed by atoms with Gasteiger partial charge in [-0.15, -0.1) is 0 Å². The predicted octanol–water partition coefficient (Wildman–Crippen LogP) is 1.62. The van der Waals surface area contributed by atoms with E-state index in [0.717, 1.165) is 4.57 Å². The summed E-state index contributed by atoms with van der Waals surface area (Å²) in [6, 6.07) is 11.0. The molecule has 0 saturated heterocycles. The van der Waals surface area contributed by atoms with Crippen LogP contribution in [0, 0.1) is 5.82 Å². The van der Waals surface area contributed by atoms with Crippen LogP contribution < -0.4 is 16.6 Å². The first-order chi connectivity index (χ1) is 13.5. The molecular weight excluding hydrogens is 365 g/mol. The van der Waals surface area contributed by atoms with E-state index in [0.29, 0.717) is 12.1 Å². The van der Waals surface area contributed by atoms with E-state index in [-0.39, 0.29) is 17.6 Å². The Morgan fingerprint density at radius 2 is 1.82 bits per heavy atom. The van der Waals surface area contributed by atoms with Gasteiger partial charge in [-0.05, 0) is 31.2 Å². The third-order valence-corrected chi connectivity index (χ3v) is 4.46. The van der Waals surface area contributed by atoms with Crippen LogP contribution in [0.2, 0.25) is 0 Å². The number of hydrogen-bond donors (Lipinski definition) is 1. The van der Waals surface area contributed by atoms with Crippen LogP contribution in [0.3, 0.4) is 0 Å². The summed E-state index contributed by atoms with van der Waals surface area (Å²) in [4.78, 5) is 38.6. The molecular formula is C20H20FN3O4. The van der Waals surface area contributed by atoms with Crippen molar-refractivity contribution in [2.45, 2.75) is 13.0 Å². The topological polar surface area (TPSA) is 82.3 Å². The van der Waals surface area contributed by atoms with Crippen molar-refractivity contribution in [2.24, 2.45) is 0 Å². The summed E-state index contributed by atoms with van der Waals surface area (Å²) in [5.41, 5.74) is -1.29. The first kappa shape index (κ1) is 19.5. The van der Waals surface area contributed by atoms with Crippen LogP contribution in [-0.4, -0.2) is 35.3 Å². The lowest BCUT2D eigenvalue weighted by atomic mass is 10.2. The van der Waals surface area contributed by atoms with Gasteiger partial charge in [0.1, 0.15) is 11.9 Å². The molecule has 1 atom stereocenters. The molecule has 0 aliphatic rings. The zero-order chi connectivity index (χ0) is 20.3. The number of aromatic nitrogens is 2. The van der Waals surface area contributed by atoms with Gasteiger partial charge in [-0.3, -0.25) is 14.2 Å². The number of amides is 1.